The van der Waals surface area contributed by atoms with Crippen LogP contribution in [-0.2, 0) is 16.1 Å². The van der Waals surface area contributed by atoms with E-state index in [0.29, 0.717) is 26.1 Å². The number of hydrogen-bond acceptors (Lipinski definition) is 4. The van der Waals surface area contributed by atoms with E-state index in [0.717, 1.165) is 5.56 Å². The number of hydrogen-bond donors (Lipinski definition) is 0. The SMILES string of the molecule is CN1CC(=O)N(C)[C@@H]2CCN(Cc3ccc(OC(F)(F)F)cc3)C[C@@H]2C1=O. The molecule has 0 bridgehead atoms. The fourth-order valence-electron chi connectivity index (χ4n) is 3.77. The second-order valence-electron chi connectivity index (χ2n) is 7.09. The molecule has 2 aliphatic heterocycles. The second-order valence-corrected chi connectivity index (χ2v) is 7.09. The van der Waals surface area contributed by atoms with Crippen molar-refractivity contribution in [2.75, 3.05) is 33.7 Å². The van der Waals surface area contributed by atoms with Crippen molar-refractivity contribution in [2.24, 2.45) is 5.92 Å². The highest BCUT2D eigenvalue weighted by Crippen LogP contribution is 2.28. The number of carbonyl (C=O) groups is 2. The zero-order valence-electron chi connectivity index (χ0n) is 15.2. The number of fused-ring (bicyclic) bond motifs is 1. The Morgan fingerprint density at radius 1 is 1.15 bits per heavy atom. The van der Waals surface area contributed by atoms with Crippen LogP contribution in [-0.4, -0.2) is 72.6 Å². The summed E-state index contributed by atoms with van der Waals surface area (Å²) in [6, 6.07) is 5.63. The maximum Gasteiger partial charge on any atom is 0.573 e. The molecule has 0 saturated carbocycles. The Kier molecular flexibility index (Phi) is 5.32. The van der Waals surface area contributed by atoms with E-state index < -0.39 is 6.36 Å². The summed E-state index contributed by atoms with van der Waals surface area (Å²) in [5.74, 6) is -0.665. The van der Waals surface area contributed by atoms with E-state index in [1.54, 1.807) is 31.1 Å². The molecular weight excluding hydrogens is 363 g/mol. The number of amides is 2. The highest BCUT2D eigenvalue weighted by molar-refractivity contribution is 5.89. The number of alkyl halides is 3. The molecule has 2 amide bonds. The van der Waals surface area contributed by atoms with Gasteiger partial charge in [-0.05, 0) is 24.1 Å². The number of benzene rings is 1. The predicted octanol–water partition coefficient (Wildman–Crippen LogP) is 1.71. The molecule has 2 heterocycles. The first-order valence-electron chi connectivity index (χ1n) is 8.72. The van der Waals surface area contributed by atoms with Gasteiger partial charge in [-0.25, -0.2) is 0 Å². The minimum atomic E-state index is -4.71. The van der Waals surface area contributed by atoms with Crippen LogP contribution in [0.25, 0.3) is 0 Å². The molecule has 6 nitrogen and oxygen atoms in total. The van der Waals surface area contributed by atoms with Crippen LogP contribution in [0.5, 0.6) is 5.75 Å². The van der Waals surface area contributed by atoms with Gasteiger partial charge >= 0.3 is 6.36 Å². The lowest BCUT2D eigenvalue weighted by atomic mass is 9.90. The first kappa shape index (κ1) is 19.5. The topological polar surface area (TPSA) is 53.1 Å². The van der Waals surface area contributed by atoms with Gasteiger partial charge < -0.3 is 14.5 Å². The summed E-state index contributed by atoms with van der Waals surface area (Å²) in [6.07, 6.45) is -4.03. The molecule has 148 valence electrons. The number of carbonyl (C=O) groups excluding carboxylic acids is 2. The molecule has 2 atom stereocenters. The second kappa shape index (κ2) is 7.38. The molecule has 2 saturated heterocycles. The summed E-state index contributed by atoms with van der Waals surface area (Å²) in [6.45, 7) is 1.82. The minimum Gasteiger partial charge on any atom is -0.406 e. The number of ether oxygens (including phenoxy) is 1. The lowest BCUT2D eigenvalue weighted by molar-refractivity contribution is -0.274. The Bertz CT molecular complexity index is 708. The zero-order valence-corrected chi connectivity index (χ0v) is 15.2. The van der Waals surface area contributed by atoms with Crippen molar-refractivity contribution >= 4 is 11.8 Å². The Morgan fingerprint density at radius 2 is 1.81 bits per heavy atom. The van der Waals surface area contributed by atoms with E-state index in [1.165, 1.54) is 17.0 Å². The third-order valence-corrected chi connectivity index (χ3v) is 5.18. The van der Waals surface area contributed by atoms with Gasteiger partial charge in [-0.3, -0.25) is 14.5 Å². The standard InChI is InChI=1S/C18H22F3N3O3/c1-22-11-16(25)23(2)15-7-8-24(10-14(15)17(22)26)9-12-3-5-13(6-4-12)27-18(19,20)21/h3-6,14-15H,7-11H2,1-2H3/t14-,15+/m0/s1. The molecule has 0 N–H and O–H groups in total. The van der Waals surface area contributed by atoms with Crippen LogP contribution in [0.1, 0.15) is 12.0 Å². The van der Waals surface area contributed by atoms with Crippen LogP contribution >= 0.6 is 0 Å². The first-order valence-corrected chi connectivity index (χ1v) is 8.72. The average molecular weight is 385 g/mol. The van der Waals surface area contributed by atoms with Gasteiger partial charge in [0.2, 0.25) is 11.8 Å². The highest BCUT2D eigenvalue weighted by atomic mass is 19.4. The van der Waals surface area contributed by atoms with Crippen LogP contribution in [0.3, 0.4) is 0 Å². The van der Waals surface area contributed by atoms with E-state index in [4.69, 9.17) is 0 Å². The molecule has 0 radical (unpaired) electrons. The van der Waals surface area contributed by atoms with Gasteiger partial charge in [-0.15, -0.1) is 13.2 Å². The van der Waals surface area contributed by atoms with E-state index in [2.05, 4.69) is 9.64 Å². The Morgan fingerprint density at radius 3 is 2.44 bits per heavy atom. The molecule has 0 aromatic heterocycles. The quantitative estimate of drug-likeness (QED) is 0.795. The minimum absolute atomic E-state index is 0.0451. The number of piperidine rings is 1. The summed E-state index contributed by atoms with van der Waals surface area (Å²) >= 11 is 0. The van der Waals surface area contributed by atoms with Crippen molar-refractivity contribution in [3.8, 4) is 5.75 Å². The fraction of sp³-hybridized carbons (Fsp3) is 0.556. The normalized spacial score (nSPS) is 24.6. The van der Waals surface area contributed by atoms with Gasteiger partial charge in [0.15, 0.2) is 0 Å². The monoisotopic (exact) mass is 385 g/mol. The summed E-state index contributed by atoms with van der Waals surface area (Å²) in [5, 5.41) is 0. The lowest BCUT2D eigenvalue weighted by Crippen LogP contribution is -2.52. The highest BCUT2D eigenvalue weighted by Gasteiger charge is 2.42. The van der Waals surface area contributed by atoms with Crippen molar-refractivity contribution < 1.29 is 27.5 Å². The van der Waals surface area contributed by atoms with E-state index >= 15 is 0 Å². The van der Waals surface area contributed by atoms with Crippen molar-refractivity contribution in [3.63, 3.8) is 0 Å². The summed E-state index contributed by atoms with van der Waals surface area (Å²) < 4.78 is 40.6. The van der Waals surface area contributed by atoms with Gasteiger partial charge in [0.1, 0.15) is 5.75 Å². The van der Waals surface area contributed by atoms with Crippen LogP contribution in [0, 0.1) is 5.92 Å². The number of likely N-dealkylation sites (tertiary alicyclic amines) is 1. The number of halogens is 3. The Labute approximate surface area is 155 Å². The molecule has 1 aromatic carbocycles. The molecule has 9 heteroatoms. The van der Waals surface area contributed by atoms with Crippen LogP contribution in [0.4, 0.5) is 13.2 Å². The Balaban J connectivity index is 1.66. The van der Waals surface area contributed by atoms with Crippen molar-refractivity contribution in [2.45, 2.75) is 25.4 Å². The van der Waals surface area contributed by atoms with E-state index in [-0.39, 0.29) is 36.1 Å². The van der Waals surface area contributed by atoms with Crippen molar-refractivity contribution in [1.29, 1.82) is 0 Å². The molecule has 2 fully saturated rings. The van der Waals surface area contributed by atoms with Crippen LogP contribution < -0.4 is 4.74 Å². The zero-order chi connectivity index (χ0) is 19.8. The third-order valence-electron chi connectivity index (χ3n) is 5.18. The fourth-order valence-corrected chi connectivity index (χ4v) is 3.77. The smallest absolute Gasteiger partial charge is 0.406 e. The number of nitrogens with zero attached hydrogens (tertiary/aromatic N) is 3. The number of rotatable bonds is 3. The van der Waals surface area contributed by atoms with Crippen molar-refractivity contribution in [1.82, 2.24) is 14.7 Å². The molecule has 1 aromatic rings. The first-order chi connectivity index (χ1) is 12.6. The van der Waals surface area contributed by atoms with Crippen LogP contribution in [0.15, 0.2) is 24.3 Å². The molecule has 3 rings (SSSR count). The van der Waals surface area contributed by atoms with E-state index in [1.807, 2.05) is 0 Å². The van der Waals surface area contributed by atoms with Gasteiger partial charge in [-0.1, -0.05) is 12.1 Å². The van der Waals surface area contributed by atoms with Crippen LogP contribution in [0.2, 0.25) is 0 Å². The van der Waals surface area contributed by atoms with Gasteiger partial charge in [0, 0.05) is 39.8 Å². The molecule has 0 aliphatic carbocycles. The summed E-state index contributed by atoms with van der Waals surface area (Å²) in [5.41, 5.74) is 0.835. The summed E-state index contributed by atoms with van der Waals surface area (Å²) in [4.78, 5) is 30.0. The van der Waals surface area contributed by atoms with Gasteiger partial charge in [0.05, 0.1) is 12.5 Å². The molecule has 2 aliphatic rings. The van der Waals surface area contributed by atoms with Gasteiger partial charge in [-0.2, -0.15) is 0 Å². The third kappa shape index (κ3) is 4.52. The maximum absolute atomic E-state index is 12.6. The van der Waals surface area contributed by atoms with Crippen molar-refractivity contribution in [3.05, 3.63) is 29.8 Å². The predicted molar refractivity (Wildman–Crippen MR) is 90.7 cm³/mol. The molecule has 0 unspecified atom stereocenters. The summed E-state index contributed by atoms with van der Waals surface area (Å²) in [7, 11) is 3.37. The number of likely N-dealkylation sites (N-methyl/N-ethyl adjacent to an activating group) is 2. The maximum atomic E-state index is 12.6. The average Bonchev–Trinajstić information content (AvgIpc) is 2.67. The van der Waals surface area contributed by atoms with E-state index in [9.17, 15) is 22.8 Å². The lowest BCUT2D eigenvalue weighted by Gasteiger charge is -2.40. The molecular formula is C18H22F3N3O3. The Hall–Kier alpha value is -2.29. The molecule has 27 heavy (non-hydrogen) atoms. The molecule has 0 spiro atoms. The largest absolute Gasteiger partial charge is 0.573 e. The van der Waals surface area contributed by atoms with Gasteiger partial charge in [0.25, 0.3) is 0 Å².